The number of rotatable bonds is 5. The average molecular weight is 279 g/mol. The van der Waals surface area contributed by atoms with Crippen molar-refractivity contribution in [3.8, 4) is 0 Å². The maximum Gasteiger partial charge on any atom is 0.262 e. The molecular formula is C14H17NO3S. The number of thiophene rings is 1. The summed E-state index contributed by atoms with van der Waals surface area (Å²) >= 11 is 1.41. The quantitative estimate of drug-likeness (QED) is 0.884. The number of aliphatic hydroxyl groups is 1. The van der Waals surface area contributed by atoms with Crippen LogP contribution in [-0.2, 0) is 0 Å². The van der Waals surface area contributed by atoms with Crippen LogP contribution in [0.4, 0.5) is 0 Å². The lowest BCUT2D eigenvalue weighted by molar-refractivity contribution is 0.0910. The van der Waals surface area contributed by atoms with Crippen molar-refractivity contribution in [1.29, 1.82) is 0 Å². The third-order valence-corrected chi connectivity index (χ3v) is 3.83. The van der Waals surface area contributed by atoms with Crippen molar-refractivity contribution >= 4 is 17.2 Å². The Bertz CT molecular complexity index is 531. The summed E-state index contributed by atoms with van der Waals surface area (Å²) in [5, 5.41) is 14.1. The smallest absolute Gasteiger partial charge is 0.262 e. The Labute approximate surface area is 116 Å². The van der Waals surface area contributed by atoms with Crippen molar-refractivity contribution in [2.24, 2.45) is 0 Å². The fraction of sp³-hybridized carbons (Fsp3) is 0.357. The van der Waals surface area contributed by atoms with E-state index in [4.69, 9.17) is 4.42 Å². The number of aliphatic hydroxyl groups excluding tert-OH is 1. The predicted molar refractivity (Wildman–Crippen MR) is 74.4 cm³/mol. The van der Waals surface area contributed by atoms with Crippen LogP contribution in [0.3, 0.4) is 0 Å². The van der Waals surface area contributed by atoms with Crippen molar-refractivity contribution < 1.29 is 14.3 Å². The van der Waals surface area contributed by atoms with Gasteiger partial charge in [-0.05, 0) is 35.1 Å². The van der Waals surface area contributed by atoms with Gasteiger partial charge in [0.2, 0.25) is 0 Å². The van der Waals surface area contributed by atoms with Crippen LogP contribution in [0.2, 0.25) is 0 Å². The number of nitrogens with one attached hydrogen (secondary N) is 1. The Hall–Kier alpha value is -1.59. The summed E-state index contributed by atoms with van der Waals surface area (Å²) in [6, 6.07) is 4.92. The Morgan fingerprint density at radius 1 is 1.47 bits per heavy atom. The highest BCUT2D eigenvalue weighted by Crippen LogP contribution is 2.25. The van der Waals surface area contributed by atoms with E-state index in [1.807, 2.05) is 11.4 Å². The molecule has 0 fully saturated rings. The molecule has 0 saturated heterocycles. The van der Waals surface area contributed by atoms with E-state index in [9.17, 15) is 9.90 Å². The second-order valence-corrected chi connectivity index (χ2v) is 5.50. The van der Waals surface area contributed by atoms with Gasteiger partial charge in [0.1, 0.15) is 11.8 Å². The maximum atomic E-state index is 12.2. The van der Waals surface area contributed by atoms with Gasteiger partial charge in [0.05, 0.1) is 17.7 Å². The number of carbonyl (C=O) groups is 1. The first-order valence-electron chi connectivity index (χ1n) is 6.16. The fourth-order valence-electron chi connectivity index (χ4n) is 1.88. The van der Waals surface area contributed by atoms with E-state index in [0.29, 0.717) is 16.6 Å². The summed E-state index contributed by atoms with van der Waals surface area (Å²) in [4.78, 5) is 12.9. The van der Waals surface area contributed by atoms with Gasteiger partial charge in [-0.25, -0.2) is 0 Å². The van der Waals surface area contributed by atoms with Gasteiger partial charge in [0, 0.05) is 0 Å². The van der Waals surface area contributed by atoms with E-state index in [1.54, 1.807) is 12.1 Å². The van der Waals surface area contributed by atoms with E-state index >= 15 is 0 Å². The lowest BCUT2D eigenvalue weighted by Crippen LogP contribution is -2.30. The number of carbonyl (C=O) groups excluding carboxylic acids is 1. The normalized spacial score (nSPS) is 12.6. The Morgan fingerprint density at radius 2 is 2.26 bits per heavy atom. The van der Waals surface area contributed by atoms with Crippen LogP contribution in [-0.4, -0.2) is 17.6 Å². The molecule has 2 aromatic rings. The van der Waals surface area contributed by atoms with Gasteiger partial charge in [-0.15, -0.1) is 11.3 Å². The number of hydrogen-bond acceptors (Lipinski definition) is 4. The molecule has 4 nitrogen and oxygen atoms in total. The molecule has 2 rings (SSSR count). The second-order valence-electron chi connectivity index (χ2n) is 4.58. The summed E-state index contributed by atoms with van der Waals surface area (Å²) in [6.07, 6.45) is 1.52. The third-order valence-electron chi connectivity index (χ3n) is 2.90. The van der Waals surface area contributed by atoms with Gasteiger partial charge in [-0.1, -0.05) is 13.8 Å². The van der Waals surface area contributed by atoms with Gasteiger partial charge < -0.3 is 14.8 Å². The zero-order valence-corrected chi connectivity index (χ0v) is 11.7. The van der Waals surface area contributed by atoms with Crippen LogP contribution in [0.5, 0.6) is 0 Å². The maximum absolute atomic E-state index is 12.2. The molecule has 1 unspecified atom stereocenters. The standard InChI is InChI=1S/C14H17NO3S/c1-9(2)10-5-7-19-13(10)14(17)15-11(8-16)12-4-3-6-18-12/h3-7,9,11,16H,8H2,1-2H3,(H,15,17). The molecular weight excluding hydrogens is 262 g/mol. The Morgan fingerprint density at radius 3 is 2.84 bits per heavy atom. The zero-order valence-electron chi connectivity index (χ0n) is 10.9. The summed E-state index contributed by atoms with van der Waals surface area (Å²) < 4.78 is 5.21. The monoisotopic (exact) mass is 279 g/mol. The van der Waals surface area contributed by atoms with Crippen LogP contribution in [0.25, 0.3) is 0 Å². The van der Waals surface area contributed by atoms with Crippen LogP contribution in [0, 0.1) is 0 Å². The first-order chi connectivity index (χ1) is 9.13. The van der Waals surface area contributed by atoms with Crippen molar-refractivity contribution in [2.45, 2.75) is 25.8 Å². The first-order valence-corrected chi connectivity index (χ1v) is 7.04. The molecule has 2 heterocycles. The molecule has 1 atom stereocenters. The molecule has 19 heavy (non-hydrogen) atoms. The van der Waals surface area contributed by atoms with E-state index in [2.05, 4.69) is 19.2 Å². The third kappa shape index (κ3) is 3.05. The molecule has 0 radical (unpaired) electrons. The molecule has 5 heteroatoms. The number of furan rings is 1. The van der Waals surface area contributed by atoms with Crippen molar-refractivity contribution in [2.75, 3.05) is 6.61 Å². The summed E-state index contributed by atoms with van der Waals surface area (Å²) in [5.41, 5.74) is 1.03. The molecule has 0 aromatic carbocycles. The van der Waals surface area contributed by atoms with Crippen molar-refractivity contribution in [3.05, 3.63) is 46.0 Å². The fourth-order valence-corrected chi connectivity index (χ4v) is 2.83. The molecule has 0 spiro atoms. The van der Waals surface area contributed by atoms with Crippen molar-refractivity contribution in [1.82, 2.24) is 5.32 Å². The van der Waals surface area contributed by atoms with E-state index in [1.165, 1.54) is 17.6 Å². The predicted octanol–water partition coefficient (Wildman–Crippen LogP) is 2.93. The zero-order chi connectivity index (χ0) is 13.8. The first kappa shape index (κ1) is 13.8. The molecule has 2 aromatic heterocycles. The summed E-state index contributed by atoms with van der Waals surface area (Å²) in [5.74, 6) is 0.677. The van der Waals surface area contributed by atoms with Crippen molar-refractivity contribution in [3.63, 3.8) is 0 Å². The number of hydrogen-bond donors (Lipinski definition) is 2. The second kappa shape index (κ2) is 6.04. The van der Waals surface area contributed by atoms with E-state index < -0.39 is 6.04 Å². The average Bonchev–Trinajstić information content (AvgIpc) is 3.05. The molecule has 0 bridgehead atoms. The van der Waals surface area contributed by atoms with Crippen LogP contribution >= 0.6 is 11.3 Å². The largest absolute Gasteiger partial charge is 0.467 e. The van der Waals surface area contributed by atoms with Crippen LogP contribution in [0.15, 0.2) is 34.3 Å². The summed E-state index contributed by atoms with van der Waals surface area (Å²) in [6.45, 7) is 3.91. The van der Waals surface area contributed by atoms with Gasteiger partial charge in [0.15, 0.2) is 0 Å². The minimum atomic E-state index is -0.510. The van der Waals surface area contributed by atoms with Crippen LogP contribution in [0.1, 0.15) is 46.8 Å². The molecule has 0 aliphatic carbocycles. The molecule has 2 N–H and O–H groups in total. The number of amides is 1. The molecule has 1 amide bonds. The SMILES string of the molecule is CC(C)c1ccsc1C(=O)NC(CO)c1ccco1. The lowest BCUT2D eigenvalue weighted by atomic mass is 10.0. The highest BCUT2D eigenvalue weighted by atomic mass is 32.1. The Balaban J connectivity index is 2.14. The van der Waals surface area contributed by atoms with E-state index in [0.717, 1.165) is 5.56 Å². The lowest BCUT2D eigenvalue weighted by Gasteiger charge is -2.14. The molecule has 0 saturated carbocycles. The molecule has 0 aliphatic rings. The topological polar surface area (TPSA) is 62.5 Å². The summed E-state index contributed by atoms with van der Waals surface area (Å²) in [7, 11) is 0. The van der Waals surface area contributed by atoms with Gasteiger partial charge in [-0.3, -0.25) is 4.79 Å². The highest BCUT2D eigenvalue weighted by molar-refractivity contribution is 7.12. The van der Waals surface area contributed by atoms with Gasteiger partial charge in [0.25, 0.3) is 5.91 Å². The molecule has 102 valence electrons. The Kier molecular flexibility index (Phi) is 4.39. The van der Waals surface area contributed by atoms with E-state index in [-0.39, 0.29) is 12.5 Å². The minimum Gasteiger partial charge on any atom is -0.467 e. The van der Waals surface area contributed by atoms with Gasteiger partial charge in [-0.2, -0.15) is 0 Å². The molecule has 0 aliphatic heterocycles. The van der Waals surface area contributed by atoms with Gasteiger partial charge >= 0.3 is 0 Å². The minimum absolute atomic E-state index is 0.172. The highest BCUT2D eigenvalue weighted by Gasteiger charge is 2.20. The van der Waals surface area contributed by atoms with Crippen LogP contribution < -0.4 is 5.32 Å².